The van der Waals surface area contributed by atoms with Crippen LogP contribution in [0.2, 0.25) is 0 Å². The van der Waals surface area contributed by atoms with E-state index in [9.17, 15) is 4.79 Å². The molecule has 1 aliphatic heterocycles. The Morgan fingerprint density at radius 1 is 1.50 bits per heavy atom. The van der Waals surface area contributed by atoms with E-state index in [1.165, 1.54) is 11.2 Å². The predicted molar refractivity (Wildman–Crippen MR) is 60.8 cm³/mol. The normalized spacial score (nSPS) is 16.1. The number of hydrogen-bond acceptors (Lipinski definition) is 6. The summed E-state index contributed by atoms with van der Waals surface area (Å²) in [4.78, 5) is 23.6. The lowest BCUT2D eigenvalue weighted by Gasteiger charge is -2.30. The number of anilines is 1. The second-order valence-electron chi connectivity index (χ2n) is 3.93. The third-order valence-corrected chi connectivity index (χ3v) is 2.77. The second kappa shape index (κ2) is 5.27. The van der Waals surface area contributed by atoms with Crippen LogP contribution in [0.3, 0.4) is 0 Å². The van der Waals surface area contributed by atoms with E-state index in [0.717, 1.165) is 0 Å². The molecule has 1 fully saturated rings. The highest BCUT2D eigenvalue weighted by Gasteiger charge is 2.22. The van der Waals surface area contributed by atoms with Crippen molar-refractivity contribution in [2.24, 2.45) is 0 Å². The number of nitriles is 1. The predicted octanol–water partition coefficient (Wildman–Crippen LogP) is 0.298. The smallest absolute Gasteiger partial charge is 0.407 e. The lowest BCUT2D eigenvalue weighted by molar-refractivity contribution is 0.133. The first kappa shape index (κ1) is 12.0. The highest BCUT2D eigenvalue weighted by atomic mass is 16.4. The fourth-order valence-corrected chi connectivity index (χ4v) is 1.82. The zero-order chi connectivity index (χ0) is 13.0. The molecule has 1 aliphatic rings. The van der Waals surface area contributed by atoms with E-state index in [0.29, 0.717) is 31.9 Å². The van der Waals surface area contributed by atoms with E-state index in [2.05, 4.69) is 20.3 Å². The van der Waals surface area contributed by atoms with Gasteiger partial charge in [0.2, 0.25) is 11.8 Å². The van der Waals surface area contributed by atoms with Crippen molar-refractivity contribution in [1.82, 2.24) is 19.9 Å². The number of aromatic nitrogens is 3. The van der Waals surface area contributed by atoms with Crippen molar-refractivity contribution >= 4 is 12.0 Å². The molecule has 1 aromatic rings. The van der Waals surface area contributed by atoms with Crippen LogP contribution in [0, 0.1) is 11.3 Å². The molecule has 0 aliphatic carbocycles. The van der Waals surface area contributed by atoms with Gasteiger partial charge in [-0.2, -0.15) is 10.2 Å². The quantitative estimate of drug-likeness (QED) is 0.773. The number of amides is 1. The SMILES string of the molecule is N#Cc1ncnc(NC2CCN(C(=O)O)CC2)n1. The summed E-state index contributed by atoms with van der Waals surface area (Å²) in [6.07, 6.45) is 1.78. The van der Waals surface area contributed by atoms with E-state index in [4.69, 9.17) is 10.4 Å². The standard InChI is InChI=1S/C10H12N6O2/c11-5-8-12-6-13-9(15-8)14-7-1-3-16(4-2-7)10(17)18/h6-7H,1-4H2,(H,17,18)(H,12,13,14,15). The van der Waals surface area contributed by atoms with Crippen LogP contribution in [-0.4, -0.2) is 50.2 Å². The Bertz CT molecular complexity index is 478. The Morgan fingerprint density at radius 3 is 2.83 bits per heavy atom. The Kier molecular flexibility index (Phi) is 3.52. The molecule has 18 heavy (non-hydrogen) atoms. The van der Waals surface area contributed by atoms with Crippen LogP contribution in [-0.2, 0) is 0 Å². The molecule has 0 spiro atoms. The van der Waals surface area contributed by atoms with E-state index < -0.39 is 6.09 Å². The lowest BCUT2D eigenvalue weighted by Crippen LogP contribution is -2.41. The fourth-order valence-electron chi connectivity index (χ4n) is 1.82. The molecule has 1 amide bonds. The molecule has 0 aromatic carbocycles. The summed E-state index contributed by atoms with van der Waals surface area (Å²) < 4.78 is 0. The van der Waals surface area contributed by atoms with Gasteiger partial charge in [-0.05, 0) is 12.8 Å². The summed E-state index contributed by atoms with van der Waals surface area (Å²) in [5.41, 5.74) is 0. The first-order valence-electron chi connectivity index (χ1n) is 5.52. The number of nitrogens with one attached hydrogen (secondary N) is 1. The van der Waals surface area contributed by atoms with Gasteiger partial charge in [0.15, 0.2) is 0 Å². The molecule has 0 bridgehead atoms. The van der Waals surface area contributed by atoms with E-state index in [-0.39, 0.29) is 11.9 Å². The molecule has 2 heterocycles. The zero-order valence-corrected chi connectivity index (χ0v) is 9.57. The highest BCUT2D eigenvalue weighted by Crippen LogP contribution is 2.13. The molecular weight excluding hydrogens is 236 g/mol. The average molecular weight is 248 g/mol. The van der Waals surface area contributed by atoms with Crippen molar-refractivity contribution in [2.75, 3.05) is 18.4 Å². The molecule has 8 nitrogen and oxygen atoms in total. The maximum Gasteiger partial charge on any atom is 0.407 e. The molecule has 1 saturated heterocycles. The van der Waals surface area contributed by atoms with Crippen LogP contribution in [0.25, 0.3) is 0 Å². The van der Waals surface area contributed by atoms with Crippen LogP contribution in [0.4, 0.5) is 10.7 Å². The Labute approximate surface area is 103 Å². The maximum atomic E-state index is 10.7. The Balaban J connectivity index is 1.91. The number of likely N-dealkylation sites (tertiary alicyclic amines) is 1. The van der Waals surface area contributed by atoms with Gasteiger partial charge in [-0.15, -0.1) is 0 Å². The van der Waals surface area contributed by atoms with E-state index in [1.54, 1.807) is 0 Å². The van der Waals surface area contributed by atoms with Crippen LogP contribution in [0.15, 0.2) is 6.33 Å². The Morgan fingerprint density at radius 2 is 2.22 bits per heavy atom. The first-order valence-corrected chi connectivity index (χ1v) is 5.52. The monoisotopic (exact) mass is 248 g/mol. The minimum Gasteiger partial charge on any atom is -0.465 e. The van der Waals surface area contributed by atoms with Gasteiger partial charge < -0.3 is 15.3 Å². The number of carboxylic acid groups (broad SMARTS) is 1. The number of carbonyl (C=O) groups is 1. The van der Waals surface area contributed by atoms with Crippen LogP contribution >= 0.6 is 0 Å². The van der Waals surface area contributed by atoms with Gasteiger partial charge in [0, 0.05) is 19.1 Å². The first-order chi connectivity index (χ1) is 8.69. The molecule has 2 rings (SSSR count). The molecule has 0 atom stereocenters. The Hall–Kier alpha value is -2.43. The van der Waals surface area contributed by atoms with E-state index in [1.807, 2.05) is 6.07 Å². The summed E-state index contributed by atoms with van der Waals surface area (Å²) in [6.45, 7) is 0.979. The summed E-state index contributed by atoms with van der Waals surface area (Å²) in [6, 6.07) is 1.96. The minimum absolute atomic E-state index is 0.0653. The average Bonchev–Trinajstić information content (AvgIpc) is 2.39. The molecular formula is C10H12N6O2. The fraction of sp³-hybridized carbons (Fsp3) is 0.500. The van der Waals surface area contributed by atoms with Crippen LogP contribution in [0.5, 0.6) is 0 Å². The van der Waals surface area contributed by atoms with Gasteiger partial charge in [-0.3, -0.25) is 0 Å². The number of piperidine rings is 1. The third kappa shape index (κ3) is 2.82. The molecule has 1 aromatic heterocycles. The molecule has 0 saturated carbocycles. The summed E-state index contributed by atoms with van der Waals surface area (Å²) in [5.74, 6) is 0.422. The second-order valence-corrected chi connectivity index (χ2v) is 3.93. The van der Waals surface area contributed by atoms with Crippen molar-refractivity contribution in [1.29, 1.82) is 5.26 Å². The molecule has 8 heteroatoms. The van der Waals surface area contributed by atoms with Crippen LogP contribution < -0.4 is 5.32 Å². The van der Waals surface area contributed by atoms with Gasteiger partial charge in [-0.25, -0.2) is 14.8 Å². The zero-order valence-electron chi connectivity index (χ0n) is 9.57. The minimum atomic E-state index is -0.889. The summed E-state index contributed by atoms with van der Waals surface area (Å²) in [5, 5.41) is 20.6. The lowest BCUT2D eigenvalue weighted by atomic mass is 10.1. The largest absolute Gasteiger partial charge is 0.465 e. The maximum absolute atomic E-state index is 10.7. The van der Waals surface area contributed by atoms with E-state index >= 15 is 0 Å². The van der Waals surface area contributed by atoms with Crippen molar-refractivity contribution < 1.29 is 9.90 Å². The molecule has 0 unspecified atom stereocenters. The van der Waals surface area contributed by atoms with Gasteiger partial charge in [-0.1, -0.05) is 0 Å². The van der Waals surface area contributed by atoms with Gasteiger partial charge in [0.1, 0.15) is 12.4 Å². The van der Waals surface area contributed by atoms with Crippen molar-refractivity contribution in [2.45, 2.75) is 18.9 Å². The van der Waals surface area contributed by atoms with Crippen molar-refractivity contribution in [3.05, 3.63) is 12.2 Å². The van der Waals surface area contributed by atoms with Gasteiger partial charge >= 0.3 is 6.09 Å². The number of rotatable bonds is 2. The van der Waals surface area contributed by atoms with Gasteiger partial charge in [0.25, 0.3) is 0 Å². The topological polar surface area (TPSA) is 115 Å². The summed E-state index contributed by atoms with van der Waals surface area (Å²) in [7, 11) is 0. The number of nitrogens with zero attached hydrogens (tertiary/aromatic N) is 5. The molecule has 94 valence electrons. The van der Waals surface area contributed by atoms with Crippen molar-refractivity contribution in [3.8, 4) is 6.07 Å². The van der Waals surface area contributed by atoms with Gasteiger partial charge in [0.05, 0.1) is 0 Å². The third-order valence-electron chi connectivity index (χ3n) is 2.77. The molecule has 0 radical (unpaired) electrons. The summed E-state index contributed by atoms with van der Waals surface area (Å²) >= 11 is 0. The number of hydrogen-bond donors (Lipinski definition) is 2. The molecule has 2 N–H and O–H groups in total. The van der Waals surface area contributed by atoms with Crippen molar-refractivity contribution in [3.63, 3.8) is 0 Å². The van der Waals surface area contributed by atoms with Crippen LogP contribution in [0.1, 0.15) is 18.7 Å². The highest BCUT2D eigenvalue weighted by molar-refractivity contribution is 5.65.